The summed E-state index contributed by atoms with van der Waals surface area (Å²) in [6, 6.07) is 6.82. The summed E-state index contributed by atoms with van der Waals surface area (Å²) in [6.07, 6.45) is 4.29. The molecule has 1 aromatic carbocycles. The van der Waals surface area contributed by atoms with Crippen molar-refractivity contribution < 1.29 is 14.3 Å². The van der Waals surface area contributed by atoms with Gasteiger partial charge >= 0.3 is 0 Å². The Morgan fingerprint density at radius 2 is 2.25 bits per heavy atom. The number of thiazole rings is 1. The summed E-state index contributed by atoms with van der Waals surface area (Å²) in [7, 11) is 1.50. The zero-order chi connectivity index (χ0) is 20.3. The van der Waals surface area contributed by atoms with Crippen LogP contribution in [-0.2, 0) is 16.7 Å². The number of carbonyl (C=O) groups excluding carboxylic acids is 1. The Morgan fingerprint density at radius 3 is 2.86 bits per heavy atom. The Labute approximate surface area is 169 Å². The van der Waals surface area contributed by atoms with Crippen LogP contribution in [0.25, 0.3) is 0 Å². The average Bonchev–Trinajstić information content (AvgIpc) is 3.31. The first-order chi connectivity index (χ1) is 13.3. The van der Waals surface area contributed by atoms with Crippen molar-refractivity contribution in [2.45, 2.75) is 51.7 Å². The number of benzene rings is 1. The van der Waals surface area contributed by atoms with E-state index < -0.39 is 5.91 Å². The lowest BCUT2D eigenvalue weighted by Gasteiger charge is -2.15. The quantitative estimate of drug-likeness (QED) is 0.786. The topological polar surface area (TPSA) is 76.6 Å². The largest absolute Gasteiger partial charge is 0.496 e. The van der Waals surface area contributed by atoms with Gasteiger partial charge in [0.25, 0.3) is 5.91 Å². The molecule has 0 radical (unpaired) electrons. The third-order valence-electron chi connectivity index (χ3n) is 4.64. The molecule has 1 saturated heterocycles. The van der Waals surface area contributed by atoms with Crippen LogP contribution in [-0.4, -0.2) is 30.3 Å². The van der Waals surface area contributed by atoms with E-state index in [1.165, 1.54) is 24.5 Å². The van der Waals surface area contributed by atoms with Gasteiger partial charge in [-0.1, -0.05) is 20.8 Å². The van der Waals surface area contributed by atoms with Crippen molar-refractivity contribution in [3.05, 3.63) is 45.2 Å². The zero-order valence-corrected chi connectivity index (χ0v) is 17.5. The maximum atomic E-state index is 12.9. The van der Waals surface area contributed by atoms with Crippen LogP contribution in [0, 0.1) is 11.3 Å². The lowest BCUT2D eigenvalue weighted by atomic mass is 9.95. The van der Waals surface area contributed by atoms with E-state index >= 15 is 0 Å². The molecular weight excluding hydrogens is 374 g/mol. The van der Waals surface area contributed by atoms with E-state index in [9.17, 15) is 4.79 Å². The number of rotatable bonds is 4. The van der Waals surface area contributed by atoms with Crippen LogP contribution < -0.4 is 9.54 Å². The summed E-state index contributed by atoms with van der Waals surface area (Å²) in [5, 5.41) is 9.14. The number of aromatic nitrogens is 1. The van der Waals surface area contributed by atoms with Gasteiger partial charge in [0.1, 0.15) is 5.75 Å². The third-order valence-corrected chi connectivity index (χ3v) is 6.09. The van der Waals surface area contributed by atoms with Crippen LogP contribution >= 0.6 is 11.3 Å². The molecule has 0 bridgehead atoms. The first-order valence-corrected chi connectivity index (χ1v) is 10.1. The number of nitriles is 1. The Balaban J connectivity index is 2.03. The maximum Gasteiger partial charge on any atom is 0.283 e. The highest BCUT2D eigenvalue weighted by atomic mass is 32.1. The first kappa shape index (κ1) is 20.3. The molecule has 28 heavy (non-hydrogen) atoms. The van der Waals surface area contributed by atoms with Gasteiger partial charge in [0.15, 0.2) is 4.80 Å². The van der Waals surface area contributed by atoms with Gasteiger partial charge in [-0.25, -0.2) is 0 Å². The van der Waals surface area contributed by atoms with Gasteiger partial charge in [0, 0.05) is 17.7 Å². The fourth-order valence-electron chi connectivity index (χ4n) is 3.04. The average molecular weight is 400 g/mol. The number of hydrogen-bond acceptors (Lipinski definition) is 5. The van der Waals surface area contributed by atoms with Crippen LogP contribution in [0.1, 0.15) is 54.4 Å². The van der Waals surface area contributed by atoms with Crippen LogP contribution in [0.4, 0.5) is 0 Å². The van der Waals surface area contributed by atoms with Crippen molar-refractivity contribution >= 4 is 17.2 Å². The number of hydrogen-bond donors (Lipinski definition) is 0. The fraction of sp³-hybridized carbons (Fsp3) is 0.476. The maximum absolute atomic E-state index is 12.9. The van der Waals surface area contributed by atoms with E-state index in [0.717, 1.165) is 24.3 Å². The van der Waals surface area contributed by atoms with Crippen molar-refractivity contribution in [2.75, 3.05) is 13.7 Å². The Hall–Kier alpha value is -2.43. The fourth-order valence-corrected chi connectivity index (χ4v) is 4.10. The normalized spacial score (nSPS) is 17.5. The molecule has 1 aliphatic heterocycles. The smallest absolute Gasteiger partial charge is 0.283 e. The molecular formula is C21H25N3O3S. The lowest BCUT2D eigenvalue weighted by Crippen LogP contribution is -2.23. The minimum Gasteiger partial charge on any atom is -0.496 e. The molecule has 0 N–H and O–H groups in total. The Bertz CT molecular complexity index is 970. The van der Waals surface area contributed by atoms with Crippen LogP contribution in [0.5, 0.6) is 5.75 Å². The van der Waals surface area contributed by atoms with Crippen LogP contribution in [0.3, 0.4) is 0 Å². The van der Waals surface area contributed by atoms with Crippen molar-refractivity contribution in [1.82, 2.24) is 4.57 Å². The second-order valence-electron chi connectivity index (χ2n) is 7.86. The predicted octanol–water partition coefficient (Wildman–Crippen LogP) is 3.65. The van der Waals surface area contributed by atoms with Crippen molar-refractivity contribution in [1.29, 1.82) is 5.26 Å². The van der Waals surface area contributed by atoms with E-state index in [0.29, 0.717) is 22.7 Å². The highest BCUT2D eigenvalue weighted by molar-refractivity contribution is 7.09. The number of nitrogens with zero attached hydrogens (tertiary/aromatic N) is 3. The molecule has 1 atom stereocenters. The van der Waals surface area contributed by atoms with Gasteiger partial charge < -0.3 is 14.0 Å². The molecule has 2 aromatic rings. The Morgan fingerprint density at radius 1 is 1.46 bits per heavy atom. The Kier molecular flexibility index (Phi) is 6.01. The minimum absolute atomic E-state index is 0.0435. The van der Waals surface area contributed by atoms with Gasteiger partial charge in [0.05, 0.1) is 37.0 Å². The van der Waals surface area contributed by atoms with Gasteiger partial charge in [-0.05, 0) is 36.5 Å². The van der Waals surface area contributed by atoms with Crippen molar-refractivity contribution in [3.63, 3.8) is 0 Å². The lowest BCUT2D eigenvalue weighted by molar-refractivity contribution is 0.0948. The van der Waals surface area contributed by atoms with E-state index in [1.807, 2.05) is 4.57 Å². The second kappa shape index (κ2) is 8.29. The SMILES string of the molecule is COc1ccc(C#N)cc1C(=O)N=c1sc(C(C)(C)C)cn1C[C@H]1CCCO1. The predicted molar refractivity (Wildman–Crippen MR) is 108 cm³/mol. The zero-order valence-electron chi connectivity index (χ0n) is 16.7. The van der Waals surface area contributed by atoms with E-state index in [2.05, 4.69) is 38.0 Å². The summed E-state index contributed by atoms with van der Waals surface area (Å²) >= 11 is 1.51. The van der Waals surface area contributed by atoms with Crippen LogP contribution in [0.15, 0.2) is 29.4 Å². The van der Waals surface area contributed by atoms with Gasteiger partial charge in [-0.2, -0.15) is 10.3 Å². The van der Waals surface area contributed by atoms with Gasteiger partial charge in [0.2, 0.25) is 0 Å². The molecule has 2 heterocycles. The number of methoxy groups -OCH3 is 1. The minimum atomic E-state index is -0.419. The van der Waals surface area contributed by atoms with E-state index in [1.54, 1.807) is 12.1 Å². The van der Waals surface area contributed by atoms with E-state index in [4.69, 9.17) is 14.7 Å². The summed E-state index contributed by atoms with van der Waals surface area (Å²) in [5.41, 5.74) is 0.641. The third kappa shape index (κ3) is 4.51. The molecule has 0 unspecified atom stereocenters. The molecule has 7 heteroatoms. The summed E-state index contributed by atoms with van der Waals surface area (Å²) < 4.78 is 13.1. The number of amides is 1. The van der Waals surface area contributed by atoms with E-state index in [-0.39, 0.29) is 17.1 Å². The monoisotopic (exact) mass is 399 g/mol. The summed E-state index contributed by atoms with van der Waals surface area (Å²) in [5.74, 6) is -0.0108. The summed E-state index contributed by atoms with van der Waals surface area (Å²) in [4.78, 5) is 19.1. The molecule has 0 spiro atoms. The number of carbonyl (C=O) groups is 1. The molecule has 1 amide bonds. The molecule has 1 aliphatic rings. The highest BCUT2D eigenvalue weighted by Gasteiger charge is 2.22. The standard InChI is InChI=1S/C21H25N3O3S/c1-21(2,3)18-13-24(12-15-6-5-9-27-15)20(28-18)23-19(25)16-10-14(11-22)7-8-17(16)26-4/h7-8,10,13,15H,5-6,9,12H2,1-4H3/t15-/m1/s1. The van der Waals surface area contributed by atoms with Gasteiger partial charge in [-0.15, -0.1) is 11.3 Å². The van der Waals surface area contributed by atoms with Crippen molar-refractivity contribution in [3.8, 4) is 11.8 Å². The molecule has 1 fully saturated rings. The summed E-state index contributed by atoms with van der Waals surface area (Å²) in [6.45, 7) is 7.87. The molecule has 1 aromatic heterocycles. The van der Waals surface area contributed by atoms with Crippen LogP contribution in [0.2, 0.25) is 0 Å². The molecule has 0 saturated carbocycles. The molecule has 3 rings (SSSR count). The molecule has 148 valence electrons. The molecule has 0 aliphatic carbocycles. The van der Waals surface area contributed by atoms with Crippen molar-refractivity contribution in [2.24, 2.45) is 4.99 Å². The highest BCUT2D eigenvalue weighted by Crippen LogP contribution is 2.26. The first-order valence-electron chi connectivity index (χ1n) is 9.31. The number of ether oxygens (including phenoxy) is 2. The van der Waals surface area contributed by atoms with Gasteiger partial charge in [-0.3, -0.25) is 4.79 Å². The molecule has 6 nitrogen and oxygen atoms in total. The second-order valence-corrected chi connectivity index (χ2v) is 8.87.